The van der Waals surface area contributed by atoms with Gasteiger partial charge in [-0.2, -0.15) is 0 Å². The van der Waals surface area contributed by atoms with E-state index in [2.05, 4.69) is 16.4 Å². The molecule has 1 unspecified atom stereocenters. The Hall–Kier alpha value is -2.46. The molecule has 1 aromatic heterocycles. The molecule has 0 radical (unpaired) electrons. The second-order valence-electron chi connectivity index (χ2n) is 5.59. The predicted molar refractivity (Wildman–Crippen MR) is 96.6 cm³/mol. The number of carbonyl (C=O) groups excluding carboxylic acids is 1. The van der Waals surface area contributed by atoms with Gasteiger partial charge in [0.1, 0.15) is 5.75 Å². The zero-order valence-electron chi connectivity index (χ0n) is 13.4. The van der Waals surface area contributed by atoms with Crippen LogP contribution in [0, 0.1) is 0 Å². The van der Waals surface area contributed by atoms with Crippen LogP contribution >= 0.6 is 11.6 Å². The summed E-state index contributed by atoms with van der Waals surface area (Å²) < 4.78 is 5.61. The number of benzene rings is 2. The molecule has 2 aromatic carbocycles. The number of nitrogens with one attached hydrogen (secondary N) is 2. The second-order valence-corrected chi connectivity index (χ2v) is 6.00. The van der Waals surface area contributed by atoms with Crippen LogP contribution in [0.1, 0.15) is 12.5 Å². The molecule has 0 saturated heterocycles. The number of para-hydroxylation sites is 2. The zero-order valence-corrected chi connectivity index (χ0v) is 14.1. The molecule has 124 valence electrons. The van der Waals surface area contributed by atoms with Crippen molar-refractivity contribution in [1.82, 2.24) is 10.3 Å². The lowest BCUT2D eigenvalue weighted by molar-refractivity contribution is -0.127. The lowest BCUT2D eigenvalue weighted by Gasteiger charge is -2.15. The summed E-state index contributed by atoms with van der Waals surface area (Å²) in [6.07, 6.45) is 2.14. The Bertz CT molecular complexity index is 844. The van der Waals surface area contributed by atoms with Gasteiger partial charge in [-0.25, -0.2) is 0 Å². The van der Waals surface area contributed by atoms with E-state index in [1.807, 2.05) is 36.5 Å². The number of hydrogen-bond acceptors (Lipinski definition) is 2. The van der Waals surface area contributed by atoms with Gasteiger partial charge < -0.3 is 15.0 Å². The molecular formula is C19H19ClN2O2. The molecule has 5 heteroatoms. The van der Waals surface area contributed by atoms with Crippen molar-refractivity contribution in [2.75, 3.05) is 6.54 Å². The van der Waals surface area contributed by atoms with Gasteiger partial charge in [0.05, 0.1) is 5.02 Å². The highest BCUT2D eigenvalue weighted by atomic mass is 35.5. The van der Waals surface area contributed by atoms with Gasteiger partial charge in [0, 0.05) is 23.6 Å². The first kappa shape index (κ1) is 16.4. The lowest BCUT2D eigenvalue weighted by atomic mass is 10.1. The van der Waals surface area contributed by atoms with Crippen LogP contribution in [0.5, 0.6) is 5.75 Å². The Labute approximate surface area is 145 Å². The summed E-state index contributed by atoms with van der Waals surface area (Å²) in [5.41, 5.74) is 2.29. The number of aromatic nitrogens is 1. The fourth-order valence-corrected chi connectivity index (χ4v) is 2.77. The first-order chi connectivity index (χ1) is 11.6. The number of hydrogen-bond donors (Lipinski definition) is 2. The van der Waals surface area contributed by atoms with E-state index in [1.165, 1.54) is 10.9 Å². The average Bonchev–Trinajstić information content (AvgIpc) is 3.00. The first-order valence-corrected chi connectivity index (χ1v) is 8.27. The molecule has 0 aliphatic rings. The highest BCUT2D eigenvalue weighted by molar-refractivity contribution is 6.32. The summed E-state index contributed by atoms with van der Waals surface area (Å²) in [6, 6.07) is 15.2. The summed E-state index contributed by atoms with van der Waals surface area (Å²) in [6.45, 7) is 2.27. The predicted octanol–water partition coefficient (Wildman–Crippen LogP) is 3.95. The van der Waals surface area contributed by atoms with Crippen molar-refractivity contribution in [3.05, 3.63) is 65.3 Å². The summed E-state index contributed by atoms with van der Waals surface area (Å²) in [5.74, 6) is 0.355. The highest BCUT2D eigenvalue weighted by Gasteiger charge is 2.15. The van der Waals surface area contributed by atoms with E-state index >= 15 is 0 Å². The van der Waals surface area contributed by atoms with Gasteiger partial charge in [0.25, 0.3) is 5.91 Å². The molecule has 1 amide bonds. The molecule has 3 rings (SSSR count). The van der Waals surface area contributed by atoms with Crippen LogP contribution in [-0.4, -0.2) is 23.5 Å². The summed E-state index contributed by atoms with van der Waals surface area (Å²) in [4.78, 5) is 15.4. The van der Waals surface area contributed by atoms with E-state index in [-0.39, 0.29) is 5.91 Å². The van der Waals surface area contributed by atoms with E-state index < -0.39 is 6.10 Å². The standard InChI is InChI=1S/C19H19ClN2O2/c1-13(24-18-9-5-3-7-16(18)20)19(23)21-11-10-14-12-22-17-8-4-2-6-15(14)17/h2-9,12-13,22H,10-11H2,1H3,(H,21,23). The van der Waals surface area contributed by atoms with Crippen molar-refractivity contribution in [3.63, 3.8) is 0 Å². The Balaban J connectivity index is 1.53. The largest absolute Gasteiger partial charge is 0.479 e. The Morgan fingerprint density at radius 3 is 2.79 bits per heavy atom. The Morgan fingerprint density at radius 2 is 1.96 bits per heavy atom. The fraction of sp³-hybridized carbons (Fsp3) is 0.211. The maximum atomic E-state index is 12.2. The van der Waals surface area contributed by atoms with Gasteiger partial charge in [-0.3, -0.25) is 4.79 Å². The maximum Gasteiger partial charge on any atom is 0.260 e. The molecule has 0 bridgehead atoms. The SMILES string of the molecule is CC(Oc1ccccc1Cl)C(=O)NCCc1c[nH]c2ccccc12. The van der Waals surface area contributed by atoms with Crippen LogP contribution in [-0.2, 0) is 11.2 Å². The van der Waals surface area contributed by atoms with Crippen LogP contribution < -0.4 is 10.1 Å². The molecule has 4 nitrogen and oxygen atoms in total. The maximum absolute atomic E-state index is 12.2. The number of halogens is 1. The van der Waals surface area contributed by atoms with Gasteiger partial charge in [0.15, 0.2) is 6.10 Å². The topological polar surface area (TPSA) is 54.1 Å². The molecule has 0 aliphatic heterocycles. The van der Waals surface area contributed by atoms with Crippen molar-refractivity contribution in [1.29, 1.82) is 0 Å². The quantitative estimate of drug-likeness (QED) is 0.712. The second kappa shape index (κ2) is 7.41. The van der Waals surface area contributed by atoms with Crippen molar-refractivity contribution in [3.8, 4) is 5.75 Å². The van der Waals surface area contributed by atoms with Gasteiger partial charge in [0.2, 0.25) is 0 Å². The molecule has 2 N–H and O–H groups in total. The minimum Gasteiger partial charge on any atom is -0.479 e. The molecule has 3 aromatic rings. The third-order valence-corrected chi connectivity index (χ3v) is 4.19. The molecule has 24 heavy (non-hydrogen) atoms. The van der Waals surface area contributed by atoms with Crippen molar-refractivity contribution in [2.45, 2.75) is 19.4 Å². The molecular weight excluding hydrogens is 324 g/mol. The number of aromatic amines is 1. The number of rotatable bonds is 6. The number of carbonyl (C=O) groups is 1. The van der Waals surface area contributed by atoms with E-state index in [0.29, 0.717) is 17.3 Å². The third-order valence-electron chi connectivity index (χ3n) is 3.88. The van der Waals surface area contributed by atoms with Crippen LogP contribution in [0.2, 0.25) is 5.02 Å². The van der Waals surface area contributed by atoms with Crippen LogP contribution in [0.4, 0.5) is 0 Å². The van der Waals surface area contributed by atoms with Crippen molar-refractivity contribution < 1.29 is 9.53 Å². The third kappa shape index (κ3) is 3.71. The fourth-order valence-electron chi connectivity index (χ4n) is 2.59. The molecule has 0 fully saturated rings. The summed E-state index contributed by atoms with van der Waals surface area (Å²) in [7, 11) is 0. The molecule has 0 saturated carbocycles. The summed E-state index contributed by atoms with van der Waals surface area (Å²) >= 11 is 6.04. The van der Waals surface area contributed by atoms with Gasteiger partial charge >= 0.3 is 0 Å². The number of amides is 1. The Kier molecular flexibility index (Phi) is 5.06. The van der Waals surface area contributed by atoms with Crippen LogP contribution in [0.25, 0.3) is 10.9 Å². The monoisotopic (exact) mass is 342 g/mol. The molecule has 1 atom stereocenters. The van der Waals surface area contributed by atoms with Crippen LogP contribution in [0.15, 0.2) is 54.7 Å². The van der Waals surface area contributed by atoms with E-state index in [9.17, 15) is 4.79 Å². The van der Waals surface area contributed by atoms with Crippen molar-refractivity contribution in [2.24, 2.45) is 0 Å². The van der Waals surface area contributed by atoms with Crippen LogP contribution in [0.3, 0.4) is 0 Å². The summed E-state index contributed by atoms with van der Waals surface area (Å²) in [5, 5.41) is 4.59. The normalized spacial score (nSPS) is 12.1. The Morgan fingerprint density at radius 1 is 1.21 bits per heavy atom. The van der Waals surface area contributed by atoms with E-state index in [4.69, 9.17) is 16.3 Å². The van der Waals surface area contributed by atoms with E-state index in [0.717, 1.165) is 11.9 Å². The van der Waals surface area contributed by atoms with Gasteiger partial charge in [-0.05, 0) is 37.1 Å². The average molecular weight is 343 g/mol. The first-order valence-electron chi connectivity index (χ1n) is 7.89. The minimum atomic E-state index is -0.604. The molecule has 0 aliphatic carbocycles. The highest BCUT2D eigenvalue weighted by Crippen LogP contribution is 2.24. The smallest absolute Gasteiger partial charge is 0.260 e. The number of ether oxygens (including phenoxy) is 1. The lowest BCUT2D eigenvalue weighted by Crippen LogP contribution is -2.37. The number of fused-ring (bicyclic) bond motifs is 1. The number of H-pyrrole nitrogens is 1. The molecule has 1 heterocycles. The van der Waals surface area contributed by atoms with Gasteiger partial charge in [-0.15, -0.1) is 0 Å². The van der Waals surface area contributed by atoms with E-state index in [1.54, 1.807) is 19.1 Å². The zero-order chi connectivity index (χ0) is 16.9. The van der Waals surface area contributed by atoms with Crippen molar-refractivity contribution >= 4 is 28.4 Å². The minimum absolute atomic E-state index is 0.158. The molecule has 0 spiro atoms. The van der Waals surface area contributed by atoms with Gasteiger partial charge in [-0.1, -0.05) is 41.9 Å².